The molecule has 140 valence electrons. The summed E-state index contributed by atoms with van der Waals surface area (Å²) in [6, 6.07) is 6.47. The van der Waals surface area contributed by atoms with Gasteiger partial charge in [-0.1, -0.05) is 0 Å². The van der Waals surface area contributed by atoms with Gasteiger partial charge in [-0.15, -0.1) is 0 Å². The first-order valence-corrected chi connectivity index (χ1v) is 10.3. The summed E-state index contributed by atoms with van der Waals surface area (Å²) in [6.07, 6.45) is 0.507. The van der Waals surface area contributed by atoms with Crippen LogP contribution in [0, 0.1) is 12.7 Å². The van der Waals surface area contributed by atoms with Gasteiger partial charge in [0.05, 0.1) is 4.90 Å². The number of amides is 1. The van der Waals surface area contributed by atoms with Crippen LogP contribution in [0.3, 0.4) is 0 Å². The lowest BCUT2D eigenvalue weighted by atomic mass is 10.2. The van der Waals surface area contributed by atoms with Crippen LogP contribution >= 0.6 is 15.9 Å². The molecule has 1 aromatic heterocycles. The van der Waals surface area contributed by atoms with Gasteiger partial charge in [-0.2, -0.15) is 4.31 Å². The summed E-state index contributed by atoms with van der Waals surface area (Å²) in [6.45, 7) is 2.95. The van der Waals surface area contributed by atoms with Gasteiger partial charge in [0.1, 0.15) is 5.82 Å². The van der Waals surface area contributed by atoms with Crippen molar-refractivity contribution in [2.24, 2.45) is 0 Å². The lowest BCUT2D eigenvalue weighted by molar-refractivity contribution is 0.0730. The Kier molecular flexibility index (Phi) is 5.50. The summed E-state index contributed by atoms with van der Waals surface area (Å²) in [5, 5.41) is 0. The maximum Gasteiger partial charge on any atom is 0.289 e. The SMILES string of the molecule is Cc1cc(Br)oc1C(=O)N1CCCN(S(=O)(=O)c2ccc(F)cc2)CC1. The van der Waals surface area contributed by atoms with Crippen LogP contribution in [0.5, 0.6) is 0 Å². The first-order chi connectivity index (χ1) is 12.3. The molecule has 3 rings (SSSR count). The summed E-state index contributed by atoms with van der Waals surface area (Å²) < 4.78 is 45.7. The van der Waals surface area contributed by atoms with Gasteiger partial charge in [0, 0.05) is 31.7 Å². The zero-order valence-electron chi connectivity index (χ0n) is 14.1. The predicted octanol–water partition coefficient (Wildman–Crippen LogP) is 3.03. The topological polar surface area (TPSA) is 70.8 Å². The number of carbonyl (C=O) groups is 1. The van der Waals surface area contributed by atoms with Crippen molar-refractivity contribution in [1.29, 1.82) is 0 Å². The van der Waals surface area contributed by atoms with Crippen molar-refractivity contribution in [1.82, 2.24) is 9.21 Å². The molecule has 26 heavy (non-hydrogen) atoms. The molecule has 0 radical (unpaired) electrons. The van der Waals surface area contributed by atoms with Crippen LogP contribution in [0.25, 0.3) is 0 Å². The lowest BCUT2D eigenvalue weighted by Crippen LogP contribution is -2.37. The molecule has 1 amide bonds. The molecule has 0 N–H and O–H groups in total. The Hall–Kier alpha value is -1.71. The third-order valence-corrected chi connectivity index (χ3v) is 6.58. The Morgan fingerprint density at radius 3 is 2.46 bits per heavy atom. The molecule has 0 spiro atoms. The van der Waals surface area contributed by atoms with Gasteiger partial charge in [0.25, 0.3) is 5.91 Å². The number of rotatable bonds is 3. The van der Waals surface area contributed by atoms with Gasteiger partial charge in [0.15, 0.2) is 10.4 Å². The minimum atomic E-state index is -3.72. The number of sulfonamides is 1. The van der Waals surface area contributed by atoms with Crippen molar-refractivity contribution in [2.75, 3.05) is 26.2 Å². The predicted molar refractivity (Wildman–Crippen MR) is 96.8 cm³/mol. The van der Waals surface area contributed by atoms with Crippen LogP contribution in [0.1, 0.15) is 22.5 Å². The fourth-order valence-corrected chi connectivity index (χ4v) is 4.87. The van der Waals surface area contributed by atoms with E-state index in [0.717, 1.165) is 17.7 Å². The Morgan fingerprint density at radius 1 is 1.15 bits per heavy atom. The Balaban J connectivity index is 1.74. The first kappa shape index (κ1) is 19.1. The molecule has 1 saturated heterocycles. The molecule has 0 aliphatic carbocycles. The molecular formula is C17H18BrFN2O4S. The molecule has 6 nitrogen and oxygen atoms in total. The van der Waals surface area contributed by atoms with E-state index >= 15 is 0 Å². The normalized spacial score (nSPS) is 16.5. The summed E-state index contributed by atoms with van der Waals surface area (Å²) in [7, 11) is -3.72. The molecule has 1 fully saturated rings. The van der Waals surface area contributed by atoms with Gasteiger partial charge >= 0.3 is 0 Å². The second-order valence-corrected chi connectivity index (χ2v) is 8.79. The molecule has 0 unspecified atom stereocenters. The number of carbonyl (C=O) groups excluding carboxylic acids is 1. The number of hydrogen-bond donors (Lipinski definition) is 0. The van der Waals surface area contributed by atoms with Crippen LogP contribution in [0.4, 0.5) is 4.39 Å². The zero-order valence-corrected chi connectivity index (χ0v) is 16.5. The molecule has 0 bridgehead atoms. The highest BCUT2D eigenvalue weighted by atomic mass is 79.9. The van der Waals surface area contributed by atoms with Crippen molar-refractivity contribution >= 4 is 31.9 Å². The smallest absolute Gasteiger partial charge is 0.289 e. The molecule has 1 aliphatic rings. The fraction of sp³-hybridized carbons (Fsp3) is 0.353. The molecular weight excluding hydrogens is 427 g/mol. The Bertz CT molecular complexity index is 911. The van der Waals surface area contributed by atoms with E-state index in [1.807, 2.05) is 0 Å². The monoisotopic (exact) mass is 444 g/mol. The van der Waals surface area contributed by atoms with E-state index in [1.165, 1.54) is 16.4 Å². The van der Waals surface area contributed by atoms with E-state index in [9.17, 15) is 17.6 Å². The van der Waals surface area contributed by atoms with E-state index in [-0.39, 0.29) is 29.7 Å². The van der Waals surface area contributed by atoms with Crippen molar-refractivity contribution in [3.05, 3.63) is 52.1 Å². The molecule has 9 heteroatoms. The fourth-order valence-electron chi connectivity index (χ4n) is 2.89. The Labute approximate surface area is 159 Å². The quantitative estimate of drug-likeness (QED) is 0.729. The van der Waals surface area contributed by atoms with Crippen molar-refractivity contribution in [3.63, 3.8) is 0 Å². The highest BCUT2D eigenvalue weighted by Gasteiger charge is 2.30. The number of furan rings is 1. The maximum atomic E-state index is 13.1. The third-order valence-electron chi connectivity index (χ3n) is 4.28. The molecule has 0 atom stereocenters. The highest BCUT2D eigenvalue weighted by Crippen LogP contribution is 2.23. The highest BCUT2D eigenvalue weighted by molar-refractivity contribution is 9.10. The van der Waals surface area contributed by atoms with Crippen LogP contribution < -0.4 is 0 Å². The van der Waals surface area contributed by atoms with Crippen LogP contribution in [0.2, 0.25) is 0 Å². The van der Waals surface area contributed by atoms with E-state index in [2.05, 4.69) is 15.9 Å². The van der Waals surface area contributed by atoms with Gasteiger partial charge < -0.3 is 9.32 Å². The zero-order chi connectivity index (χ0) is 18.9. The van der Waals surface area contributed by atoms with E-state index in [4.69, 9.17) is 4.42 Å². The van der Waals surface area contributed by atoms with E-state index < -0.39 is 15.8 Å². The van der Waals surface area contributed by atoms with E-state index in [1.54, 1.807) is 17.9 Å². The van der Waals surface area contributed by atoms with Crippen LogP contribution in [-0.2, 0) is 10.0 Å². The largest absolute Gasteiger partial charge is 0.444 e. The van der Waals surface area contributed by atoms with Gasteiger partial charge in [-0.3, -0.25) is 4.79 Å². The van der Waals surface area contributed by atoms with Gasteiger partial charge in [-0.05, 0) is 59.6 Å². The van der Waals surface area contributed by atoms with Crippen LogP contribution in [-0.4, -0.2) is 49.7 Å². The standard InChI is InChI=1S/C17H18BrFN2O4S/c1-12-11-15(18)25-16(12)17(22)20-7-2-8-21(10-9-20)26(23,24)14-5-3-13(19)4-6-14/h3-6,11H,2,7-10H2,1H3. The van der Waals surface area contributed by atoms with Crippen molar-refractivity contribution in [2.45, 2.75) is 18.2 Å². The van der Waals surface area contributed by atoms with Crippen molar-refractivity contribution in [3.8, 4) is 0 Å². The molecule has 0 saturated carbocycles. The molecule has 1 aromatic carbocycles. The number of aryl methyl sites for hydroxylation is 1. The second kappa shape index (κ2) is 7.50. The summed E-state index contributed by atoms with van der Waals surface area (Å²) in [4.78, 5) is 14.3. The maximum absolute atomic E-state index is 13.1. The lowest BCUT2D eigenvalue weighted by Gasteiger charge is -2.21. The second-order valence-electron chi connectivity index (χ2n) is 6.07. The number of nitrogens with zero attached hydrogens (tertiary/aromatic N) is 2. The van der Waals surface area contributed by atoms with Gasteiger partial charge in [0.2, 0.25) is 10.0 Å². The summed E-state index contributed by atoms with van der Waals surface area (Å²) in [5.41, 5.74) is 0.724. The minimum absolute atomic E-state index is 0.0458. The average molecular weight is 445 g/mol. The molecule has 2 aromatic rings. The van der Waals surface area contributed by atoms with E-state index in [0.29, 0.717) is 24.2 Å². The molecule has 2 heterocycles. The Morgan fingerprint density at radius 2 is 1.85 bits per heavy atom. The minimum Gasteiger partial charge on any atom is -0.444 e. The van der Waals surface area contributed by atoms with Crippen molar-refractivity contribution < 1.29 is 22.0 Å². The summed E-state index contributed by atoms with van der Waals surface area (Å²) in [5.74, 6) is -0.488. The summed E-state index contributed by atoms with van der Waals surface area (Å²) >= 11 is 3.21. The van der Waals surface area contributed by atoms with Crippen LogP contribution in [0.15, 0.2) is 44.3 Å². The number of benzene rings is 1. The van der Waals surface area contributed by atoms with Gasteiger partial charge in [-0.25, -0.2) is 12.8 Å². The number of halogens is 2. The molecule has 1 aliphatic heterocycles. The average Bonchev–Trinajstić information content (AvgIpc) is 2.80. The first-order valence-electron chi connectivity index (χ1n) is 8.10. The number of hydrogen-bond acceptors (Lipinski definition) is 4. The third kappa shape index (κ3) is 3.84.